The molecule has 0 radical (unpaired) electrons. The molecule has 0 aliphatic carbocycles. The van der Waals surface area contributed by atoms with Crippen molar-refractivity contribution in [2.45, 2.75) is 12.5 Å². The fourth-order valence-electron chi connectivity index (χ4n) is 1.50. The first kappa shape index (κ1) is 11.5. The second-order valence-electron chi connectivity index (χ2n) is 3.47. The number of aliphatic hydroxyl groups is 1. The summed E-state index contributed by atoms with van der Waals surface area (Å²) in [6, 6.07) is 8.63. The maximum Gasteiger partial charge on any atom is 0.106 e. The van der Waals surface area contributed by atoms with E-state index in [0.29, 0.717) is 22.0 Å². The molecule has 0 fully saturated rings. The summed E-state index contributed by atoms with van der Waals surface area (Å²) < 4.78 is 5.16. The third-order valence-electron chi connectivity index (χ3n) is 2.30. The molecule has 1 heterocycles. The Morgan fingerprint density at radius 2 is 2.06 bits per heavy atom. The Balaban J connectivity index is 2.17. The molecule has 0 aliphatic rings. The second-order valence-corrected chi connectivity index (χ2v) is 4.31. The third kappa shape index (κ3) is 2.59. The molecule has 1 aromatic carbocycles. The molecule has 2 rings (SSSR count). The van der Waals surface area contributed by atoms with E-state index in [1.807, 2.05) is 6.07 Å². The molecule has 4 heteroatoms. The van der Waals surface area contributed by atoms with Gasteiger partial charge in [0.25, 0.3) is 0 Å². The van der Waals surface area contributed by atoms with Crippen LogP contribution in [0, 0.1) is 0 Å². The zero-order chi connectivity index (χ0) is 11.5. The lowest BCUT2D eigenvalue weighted by molar-refractivity contribution is 0.170. The van der Waals surface area contributed by atoms with Crippen LogP contribution in [-0.2, 0) is 6.42 Å². The van der Waals surface area contributed by atoms with Gasteiger partial charge in [-0.3, -0.25) is 0 Å². The molecule has 0 spiro atoms. The average Bonchev–Trinajstić information content (AvgIpc) is 2.70. The molecule has 0 amide bonds. The Kier molecular flexibility index (Phi) is 3.54. The summed E-state index contributed by atoms with van der Waals surface area (Å²) in [7, 11) is 0. The number of furan rings is 1. The standard InChI is InChI=1S/C12H10Cl2O2/c13-8-3-4-10(11(14)6-8)12(15)7-9-2-1-5-16-9/h1-6,12,15H,7H2. The summed E-state index contributed by atoms with van der Waals surface area (Å²) in [5, 5.41) is 11.0. The molecule has 1 aromatic heterocycles. The minimum absolute atomic E-state index is 0.397. The molecular weight excluding hydrogens is 247 g/mol. The summed E-state index contributed by atoms with van der Waals surface area (Å²) in [6.45, 7) is 0. The van der Waals surface area contributed by atoms with E-state index in [1.54, 1.807) is 30.5 Å². The van der Waals surface area contributed by atoms with Crippen LogP contribution in [0.3, 0.4) is 0 Å². The van der Waals surface area contributed by atoms with Gasteiger partial charge in [0.1, 0.15) is 5.76 Å². The van der Waals surface area contributed by atoms with Gasteiger partial charge in [0.2, 0.25) is 0 Å². The highest BCUT2D eigenvalue weighted by molar-refractivity contribution is 6.35. The van der Waals surface area contributed by atoms with E-state index in [4.69, 9.17) is 27.6 Å². The molecular formula is C12H10Cl2O2. The molecule has 0 aliphatic heterocycles. The number of hydrogen-bond acceptors (Lipinski definition) is 2. The highest BCUT2D eigenvalue weighted by Crippen LogP contribution is 2.28. The fourth-order valence-corrected chi connectivity index (χ4v) is 2.04. The first-order valence-electron chi connectivity index (χ1n) is 4.82. The lowest BCUT2D eigenvalue weighted by Crippen LogP contribution is -2.01. The van der Waals surface area contributed by atoms with Crippen LogP contribution in [-0.4, -0.2) is 5.11 Å². The van der Waals surface area contributed by atoms with Crippen LogP contribution in [0.4, 0.5) is 0 Å². The number of rotatable bonds is 3. The van der Waals surface area contributed by atoms with Crippen molar-refractivity contribution in [2.75, 3.05) is 0 Å². The molecule has 16 heavy (non-hydrogen) atoms. The van der Waals surface area contributed by atoms with Crippen LogP contribution in [0.1, 0.15) is 17.4 Å². The van der Waals surface area contributed by atoms with Crippen molar-refractivity contribution in [3.8, 4) is 0 Å². The maximum absolute atomic E-state index is 9.98. The van der Waals surface area contributed by atoms with Crippen LogP contribution in [0.25, 0.3) is 0 Å². The van der Waals surface area contributed by atoms with Crippen molar-refractivity contribution >= 4 is 23.2 Å². The second kappa shape index (κ2) is 4.91. The molecule has 2 aromatic rings. The average molecular weight is 257 g/mol. The maximum atomic E-state index is 9.98. The van der Waals surface area contributed by atoms with Gasteiger partial charge in [-0.05, 0) is 29.8 Å². The summed E-state index contributed by atoms with van der Waals surface area (Å²) in [5.74, 6) is 0.721. The van der Waals surface area contributed by atoms with Crippen molar-refractivity contribution in [1.29, 1.82) is 0 Å². The molecule has 0 saturated heterocycles. The van der Waals surface area contributed by atoms with Gasteiger partial charge < -0.3 is 9.52 Å². The lowest BCUT2D eigenvalue weighted by atomic mass is 10.1. The number of aliphatic hydroxyl groups excluding tert-OH is 1. The van der Waals surface area contributed by atoms with Gasteiger partial charge >= 0.3 is 0 Å². The molecule has 0 saturated carbocycles. The first-order chi connectivity index (χ1) is 7.66. The van der Waals surface area contributed by atoms with Crippen molar-refractivity contribution in [1.82, 2.24) is 0 Å². The van der Waals surface area contributed by atoms with Gasteiger partial charge in [-0.15, -0.1) is 0 Å². The largest absolute Gasteiger partial charge is 0.469 e. The van der Waals surface area contributed by atoms with Crippen LogP contribution in [0.5, 0.6) is 0 Å². The van der Waals surface area contributed by atoms with E-state index in [-0.39, 0.29) is 0 Å². The molecule has 2 nitrogen and oxygen atoms in total. The fraction of sp³-hybridized carbons (Fsp3) is 0.167. The van der Waals surface area contributed by atoms with Crippen molar-refractivity contribution in [3.05, 3.63) is 58.0 Å². The predicted octanol–water partition coefficient (Wildman–Crippen LogP) is 3.86. The minimum Gasteiger partial charge on any atom is -0.469 e. The van der Waals surface area contributed by atoms with Crippen molar-refractivity contribution < 1.29 is 9.52 Å². The Morgan fingerprint density at radius 1 is 1.25 bits per heavy atom. The summed E-state index contributed by atoms with van der Waals surface area (Å²) >= 11 is 11.8. The van der Waals surface area contributed by atoms with Gasteiger partial charge in [0, 0.05) is 16.5 Å². The van der Waals surface area contributed by atoms with Crippen LogP contribution >= 0.6 is 23.2 Å². The smallest absolute Gasteiger partial charge is 0.106 e. The topological polar surface area (TPSA) is 33.4 Å². The zero-order valence-corrected chi connectivity index (χ0v) is 9.87. The summed E-state index contributed by atoms with van der Waals surface area (Å²) in [4.78, 5) is 0. The number of hydrogen-bond donors (Lipinski definition) is 1. The van der Waals surface area contributed by atoms with Crippen LogP contribution < -0.4 is 0 Å². The normalized spacial score (nSPS) is 12.7. The number of benzene rings is 1. The third-order valence-corrected chi connectivity index (χ3v) is 2.86. The van der Waals surface area contributed by atoms with E-state index < -0.39 is 6.10 Å². The first-order valence-corrected chi connectivity index (χ1v) is 5.58. The SMILES string of the molecule is OC(Cc1ccco1)c1ccc(Cl)cc1Cl. The molecule has 84 valence electrons. The predicted molar refractivity (Wildman–Crippen MR) is 63.8 cm³/mol. The quantitative estimate of drug-likeness (QED) is 0.905. The van der Waals surface area contributed by atoms with E-state index >= 15 is 0 Å². The minimum atomic E-state index is -0.684. The zero-order valence-electron chi connectivity index (χ0n) is 8.36. The van der Waals surface area contributed by atoms with E-state index in [1.165, 1.54) is 0 Å². The summed E-state index contributed by atoms with van der Waals surface area (Å²) in [5.41, 5.74) is 0.655. The van der Waals surface area contributed by atoms with Gasteiger partial charge in [-0.25, -0.2) is 0 Å². The highest BCUT2D eigenvalue weighted by atomic mass is 35.5. The Labute approximate surface area is 103 Å². The number of halogens is 2. The van der Waals surface area contributed by atoms with Gasteiger partial charge in [-0.1, -0.05) is 29.3 Å². The monoisotopic (exact) mass is 256 g/mol. The molecule has 1 atom stereocenters. The van der Waals surface area contributed by atoms with E-state index in [2.05, 4.69) is 0 Å². The van der Waals surface area contributed by atoms with Crippen LogP contribution in [0.2, 0.25) is 10.0 Å². The van der Waals surface area contributed by atoms with E-state index in [0.717, 1.165) is 5.76 Å². The van der Waals surface area contributed by atoms with Crippen molar-refractivity contribution in [2.24, 2.45) is 0 Å². The molecule has 1 N–H and O–H groups in total. The van der Waals surface area contributed by atoms with Crippen LogP contribution in [0.15, 0.2) is 41.0 Å². The highest BCUT2D eigenvalue weighted by Gasteiger charge is 2.13. The van der Waals surface area contributed by atoms with E-state index in [9.17, 15) is 5.11 Å². The van der Waals surface area contributed by atoms with Crippen molar-refractivity contribution in [3.63, 3.8) is 0 Å². The molecule has 0 bridgehead atoms. The van der Waals surface area contributed by atoms with Gasteiger partial charge in [0.15, 0.2) is 0 Å². The Bertz CT molecular complexity index is 466. The van der Waals surface area contributed by atoms with Gasteiger partial charge in [-0.2, -0.15) is 0 Å². The Morgan fingerprint density at radius 3 is 2.69 bits per heavy atom. The Hall–Kier alpha value is -0.960. The molecule has 1 unspecified atom stereocenters. The van der Waals surface area contributed by atoms with Gasteiger partial charge in [0.05, 0.1) is 12.4 Å². The lowest BCUT2D eigenvalue weighted by Gasteiger charge is -2.11. The summed E-state index contributed by atoms with van der Waals surface area (Å²) in [6.07, 6.45) is 1.29.